The van der Waals surface area contributed by atoms with Crippen molar-refractivity contribution in [2.75, 3.05) is 0 Å². The lowest BCUT2D eigenvalue weighted by atomic mass is 9.93. The number of para-hydroxylation sites is 1. The van der Waals surface area contributed by atoms with E-state index in [2.05, 4.69) is 121 Å². The number of fused-ring (bicyclic) bond motifs is 5. The highest BCUT2D eigenvalue weighted by atomic mass is 16.3. The van der Waals surface area contributed by atoms with Gasteiger partial charge < -0.3 is 4.42 Å². The van der Waals surface area contributed by atoms with Crippen LogP contribution in [0.1, 0.15) is 0 Å². The molecule has 0 N–H and O–H groups in total. The molecule has 51 heavy (non-hydrogen) atoms. The van der Waals surface area contributed by atoms with Gasteiger partial charge in [0.05, 0.1) is 0 Å². The molecule has 10 aromatic rings. The predicted octanol–water partition coefficient (Wildman–Crippen LogP) is 12.4. The quantitative estimate of drug-likeness (QED) is 0.186. The zero-order chi connectivity index (χ0) is 33.7. The number of rotatable bonds is 5. The Balaban J connectivity index is 1.15. The van der Waals surface area contributed by atoms with Crippen molar-refractivity contribution in [2.45, 2.75) is 0 Å². The fourth-order valence-corrected chi connectivity index (χ4v) is 7.29. The maximum absolute atomic E-state index is 6.22. The number of hydrogen-bond donors (Lipinski definition) is 0. The first-order valence-corrected chi connectivity index (χ1v) is 17.1. The fraction of sp³-hybridized carbons (Fsp3) is 0. The van der Waals surface area contributed by atoms with Gasteiger partial charge >= 0.3 is 0 Å². The Labute approximate surface area is 294 Å². The van der Waals surface area contributed by atoms with Gasteiger partial charge in [0.25, 0.3) is 0 Å². The molecule has 2 aromatic heterocycles. The summed E-state index contributed by atoms with van der Waals surface area (Å²) in [7, 11) is 0. The molecule has 2 heterocycles. The van der Waals surface area contributed by atoms with Gasteiger partial charge in [0.2, 0.25) is 0 Å². The molecule has 8 aromatic carbocycles. The summed E-state index contributed by atoms with van der Waals surface area (Å²) in [5, 5.41) is 6.89. The summed E-state index contributed by atoms with van der Waals surface area (Å²) in [6, 6.07) is 61.1. The van der Waals surface area contributed by atoms with Crippen LogP contribution in [0.5, 0.6) is 0 Å². The Morgan fingerprint density at radius 2 is 0.902 bits per heavy atom. The van der Waals surface area contributed by atoms with Gasteiger partial charge in [0, 0.05) is 27.5 Å². The summed E-state index contributed by atoms with van der Waals surface area (Å²) in [6.07, 6.45) is 0. The summed E-state index contributed by atoms with van der Waals surface area (Å²) in [4.78, 5) is 15.4. The lowest BCUT2D eigenvalue weighted by Crippen LogP contribution is -2.01. The molecule has 0 fully saturated rings. The van der Waals surface area contributed by atoms with Crippen LogP contribution in [0.25, 0.3) is 99.9 Å². The molecule has 0 aliphatic rings. The first kappa shape index (κ1) is 29.0. The van der Waals surface area contributed by atoms with Crippen molar-refractivity contribution in [1.82, 2.24) is 15.0 Å². The van der Waals surface area contributed by atoms with Crippen LogP contribution in [0.2, 0.25) is 0 Å². The minimum Gasteiger partial charge on any atom is -0.456 e. The summed E-state index contributed by atoms with van der Waals surface area (Å²) in [5.41, 5.74) is 9.07. The molecule has 4 heteroatoms. The van der Waals surface area contributed by atoms with E-state index in [-0.39, 0.29) is 0 Å². The van der Waals surface area contributed by atoms with Gasteiger partial charge in [-0.25, -0.2) is 15.0 Å². The van der Waals surface area contributed by atoms with E-state index in [1.54, 1.807) is 0 Å². The molecule has 0 saturated heterocycles. The van der Waals surface area contributed by atoms with Crippen LogP contribution < -0.4 is 0 Å². The average Bonchev–Trinajstić information content (AvgIpc) is 3.59. The molecule has 0 amide bonds. The van der Waals surface area contributed by atoms with Crippen LogP contribution >= 0.6 is 0 Å². The lowest BCUT2D eigenvalue weighted by molar-refractivity contribution is 0.669. The highest BCUT2D eigenvalue weighted by molar-refractivity contribution is 6.12. The SMILES string of the molecule is c1ccc(-c2nc(-c3cccc(-c4cccc5oc6ccccc6c45)c3)nc(-c3ccc(-c4ccc5ccccc5c4)c4ccccc34)n2)cc1. The van der Waals surface area contributed by atoms with Crippen molar-refractivity contribution in [3.63, 3.8) is 0 Å². The zero-order valence-corrected chi connectivity index (χ0v) is 27.5. The summed E-state index contributed by atoms with van der Waals surface area (Å²) >= 11 is 0. The van der Waals surface area contributed by atoms with Crippen molar-refractivity contribution in [1.29, 1.82) is 0 Å². The third kappa shape index (κ3) is 5.04. The maximum atomic E-state index is 6.22. The third-order valence-corrected chi connectivity index (χ3v) is 9.73. The predicted molar refractivity (Wildman–Crippen MR) is 209 cm³/mol. The normalized spacial score (nSPS) is 11.5. The fourth-order valence-electron chi connectivity index (χ4n) is 7.29. The summed E-state index contributed by atoms with van der Waals surface area (Å²) in [6.45, 7) is 0. The number of hydrogen-bond acceptors (Lipinski definition) is 4. The van der Waals surface area contributed by atoms with Crippen LogP contribution in [0.4, 0.5) is 0 Å². The van der Waals surface area contributed by atoms with Gasteiger partial charge in [-0.15, -0.1) is 0 Å². The topological polar surface area (TPSA) is 51.8 Å². The highest BCUT2D eigenvalue weighted by Crippen LogP contribution is 2.39. The number of nitrogens with zero attached hydrogens (tertiary/aromatic N) is 3. The molecular weight excluding hydrogens is 623 g/mol. The minimum atomic E-state index is 0.618. The van der Waals surface area contributed by atoms with Gasteiger partial charge in [-0.05, 0) is 74.1 Å². The molecule has 0 aliphatic carbocycles. The van der Waals surface area contributed by atoms with E-state index in [9.17, 15) is 0 Å². The molecule has 0 unspecified atom stereocenters. The molecular formula is C47H29N3O. The molecule has 238 valence electrons. The Hall–Kier alpha value is -6.91. The van der Waals surface area contributed by atoms with Crippen molar-refractivity contribution < 1.29 is 4.42 Å². The maximum Gasteiger partial charge on any atom is 0.164 e. The zero-order valence-electron chi connectivity index (χ0n) is 27.5. The number of benzene rings is 8. The molecule has 0 saturated carbocycles. The Kier molecular flexibility index (Phi) is 6.78. The molecule has 0 radical (unpaired) electrons. The number of aromatic nitrogens is 3. The van der Waals surface area contributed by atoms with E-state index in [1.807, 2.05) is 54.6 Å². The van der Waals surface area contributed by atoms with E-state index in [1.165, 1.54) is 21.9 Å². The first-order valence-electron chi connectivity index (χ1n) is 17.1. The minimum absolute atomic E-state index is 0.618. The largest absolute Gasteiger partial charge is 0.456 e. The Morgan fingerprint density at radius 1 is 0.314 bits per heavy atom. The van der Waals surface area contributed by atoms with Crippen LogP contribution in [0.3, 0.4) is 0 Å². The van der Waals surface area contributed by atoms with Crippen molar-refractivity contribution in [3.8, 4) is 56.4 Å². The van der Waals surface area contributed by atoms with Gasteiger partial charge in [-0.2, -0.15) is 0 Å². The van der Waals surface area contributed by atoms with Gasteiger partial charge in [0.15, 0.2) is 17.5 Å². The van der Waals surface area contributed by atoms with Crippen LogP contribution in [0, 0.1) is 0 Å². The Bertz CT molecular complexity index is 2930. The molecule has 0 aliphatic heterocycles. The molecule has 4 nitrogen and oxygen atoms in total. The second-order valence-corrected chi connectivity index (χ2v) is 12.8. The molecule has 0 atom stereocenters. The third-order valence-electron chi connectivity index (χ3n) is 9.73. The molecule has 0 spiro atoms. The van der Waals surface area contributed by atoms with E-state index in [0.29, 0.717) is 17.5 Å². The van der Waals surface area contributed by atoms with Crippen molar-refractivity contribution >= 4 is 43.5 Å². The van der Waals surface area contributed by atoms with Crippen LogP contribution in [-0.4, -0.2) is 15.0 Å². The van der Waals surface area contributed by atoms with Gasteiger partial charge in [-0.3, -0.25) is 0 Å². The van der Waals surface area contributed by atoms with E-state index in [0.717, 1.165) is 60.5 Å². The standard InChI is InChI=1S/C47H29N3O/c1-2-13-31(14-3-1)45-48-46(35-17-10-16-33(29-35)37-21-11-23-43-44(37)41-20-8-9-22-42(41)51-43)50-47(49-45)40-27-26-36(38-18-6-7-19-39(38)40)34-25-24-30-12-4-5-15-32(30)28-34/h1-29H. The Morgan fingerprint density at radius 3 is 1.76 bits per heavy atom. The van der Waals surface area contributed by atoms with Gasteiger partial charge in [0.1, 0.15) is 11.2 Å². The van der Waals surface area contributed by atoms with Crippen molar-refractivity contribution in [3.05, 3.63) is 176 Å². The summed E-state index contributed by atoms with van der Waals surface area (Å²) in [5.74, 6) is 1.88. The van der Waals surface area contributed by atoms with Crippen LogP contribution in [-0.2, 0) is 0 Å². The van der Waals surface area contributed by atoms with E-state index >= 15 is 0 Å². The second-order valence-electron chi connectivity index (χ2n) is 12.8. The molecule has 0 bridgehead atoms. The second kappa shape index (κ2) is 11.9. The highest BCUT2D eigenvalue weighted by Gasteiger charge is 2.18. The van der Waals surface area contributed by atoms with E-state index < -0.39 is 0 Å². The average molecular weight is 652 g/mol. The monoisotopic (exact) mass is 651 g/mol. The van der Waals surface area contributed by atoms with Gasteiger partial charge in [-0.1, -0.05) is 146 Å². The van der Waals surface area contributed by atoms with Crippen LogP contribution in [0.15, 0.2) is 180 Å². The van der Waals surface area contributed by atoms with E-state index in [4.69, 9.17) is 19.4 Å². The molecule has 10 rings (SSSR count). The first-order chi connectivity index (χ1) is 25.3. The smallest absolute Gasteiger partial charge is 0.164 e. The lowest BCUT2D eigenvalue weighted by Gasteiger charge is -2.14. The summed E-state index contributed by atoms with van der Waals surface area (Å²) < 4.78 is 6.22. The number of furan rings is 1. The van der Waals surface area contributed by atoms with Crippen molar-refractivity contribution in [2.24, 2.45) is 0 Å².